The third kappa shape index (κ3) is 2.49. The van der Waals surface area contributed by atoms with Crippen molar-refractivity contribution >= 4 is 17.8 Å². The van der Waals surface area contributed by atoms with E-state index in [2.05, 4.69) is 5.32 Å². The Morgan fingerprint density at radius 2 is 1.92 bits per heavy atom. The number of imide groups is 1. The van der Waals surface area contributed by atoms with Crippen LogP contribution in [0.2, 0.25) is 0 Å². The Morgan fingerprint density at radius 3 is 2.42 bits per heavy atom. The minimum absolute atomic E-state index is 0.0211. The smallest absolute Gasteiger partial charge is 0.324 e. The summed E-state index contributed by atoms with van der Waals surface area (Å²) in [5.74, 6) is -3.63. The van der Waals surface area contributed by atoms with Crippen molar-refractivity contribution in [1.29, 1.82) is 5.26 Å². The summed E-state index contributed by atoms with van der Waals surface area (Å²) < 4.78 is 0. The van der Waals surface area contributed by atoms with Gasteiger partial charge >= 0.3 is 5.97 Å². The molecule has 0 spiro atoms. The minimum Gasteiger partial charge on any atom is -0.480 e. The van der Waals surface area contributed by atoms with E-state index in [0.29, 0.717) is 11.1 Å². The lowest BCUT2D eigenvalue weighted by molar-refractivity contribution is -0.151. The highest BCUT2D eigenvalue weighted by Gasteiger charge is 2.67. The first-order valence-corrected chi connectivity index (χ1v) is 8.55. The monoisotopic (exact) mass is 355 g/mol. The van der Waals surface area contributed by atoms with E-state index in [0.717, 1.165) is 4.90 Å². The summed E-state index contributed by atoms with van der Waals surface area (Å²) in [6.07, 6.45) is 0.239. The van der Waals surface area contributed by atoms with E-state index in [4.69, 9.17) is 5.26 Å². The molecule has 0 aliphatic carbocycles. The molecule has 1 aromatic rings. The van der Waals surface area contributed by atoms with E-state index >= 15 is 0 Å². The normalized spacial score (nSPS) is 30.6. The Morgan fingerprint density at radius 1 is 1.31 bits per heavy atom. The number of nitriles is 1. The first-order valence-electron chi connectivity index (χ1n) is 8.55. The molecule has 3 rings (SSSR count). The Bertz CT molecular complexity index is 811. The van der Waals surface area contributed by atoms with Crippen molar-refractivity contribution < 1.29 is 19.5 Å². The molecule has 7 nitrogen and oxygen atoms in total. The molecule has 0 aromatic heterocycles. The highest BCUT2D eigenvalue weighted by atomic mass is 16.4. The molecule has 0 radical (unpaired) electrons. The predicted octanol–water partition coefficient (Wildman–Crippen LogP) is 1.30. The molecule has 0 saturated carbocycles. The second-order valence-electron chi connectivity index (χ2n) is 7.47. The van der Waals surface area contributed by atoms with Crippen molar-refractivity contribution in [3.63, 3.8) is 0 Å². The molecule has 4 atom stereocenters. The lowest BCUT2D eigenvalue weighted by Gasteiger charge is -2.32. The fourth-order valence-corrected chi connectivity index (χ4v) is 4.31. The third-order valence-corrected chi connectivity index (χ3v) is 5.39. The highest BCUT2D eigenvalue weighted by Crippen LogP contribution is 2.50. The fourth-order valence-electron chi connectivity index (χ4n) is 4.31. The van der Waals surface area contributed by atoms with Gasteiger partial charge in [0.05, 0.1) is 23.5 Å². The maximum atomic E-state index is 12.7. The molecule has 2 aliphatic rings. The van der Waals surface area contributed by atoms with Crippen LogP contribution in [0, 0.1) is 29.1 Å². The van der Waals surface area contributed by atoms with E-state index in [9.17, 15) is 19.5 Å². The lowest BCUT2D eigenvalue weighted by Crippen LogP contribution is -2.56. The van der Waals surface area contributed by atoms with Crippen LogP contribution in [0.25, 0.3) is 0 Å². The molecule has 2 heterocycles. The molecule has 26 heavy (non-hydrogen) atoms. The Kier molecular flexibility index (Phi) is 4.32. The maximum absolute atomic E-state index is 12.7. The number of fused-ring (bicyclic) bond motifs is 1. The topological polar surface area (TPSA) is 110 Å². The van der Waals surface area contributed by atoms with Gasteiger partial charge < -0.3 is 5.11 Å². The molecule has 7 heteroatoms. The van der Waals surface area contributed by atoms with Gasteiger partial charge in [-0.05, 0) is 30.0 Å². The van der Waals surface area contributed by atoms with Gasteiger partial charge in [-0.15, -0.1) is 0 Å². The number of carboxylic acid groups (broad SMARTS) is 1. The molecular formula is C19H21N3O4. The van der Waals surface area contributed by atoms with Crippen molar-refractivity contribution in [2.75, 3.05) is 7.05 Å². The number of amides is 2. The third-order valence-electron chi connectivity index (χ3n) is 5.39. The van der Waals surface area contributed by atoms with Crippen LogP contribution in [-0.2, 0) is 14.4 Å². The maximum Gasteiger partial charge on any atom is 0.324 e. The molecule has 136 valence electrons. The minimum atomic E-state index is -1.49. The molecule has 2 fully saturated rings. The van der Waals surface area contributed by atoms with Gasteiger partial charge in [0.1, 0.15) is 5.54 Å². The fraction of sp³-hybridized carbons (Fsp3) is 0.474. The summed E-state index contributed by atoms with van der Waals surface area (Å²) in [7, 11) is 1.40. The summed E-state index contributed by atoms with van der Waals surface area (Å²) in [5, 5.41) is 22.1. The van der Waals surface area contributed by atoms with Crippen molar-refractivity contribution in [2.45, 2.75) is 31.8 Å². The van der Waals surface area contributed by atoms with Crippen LogP contribution in [0.1, 0.15) is 37.4 Å². The molecule has 0 bridgehead atoms. The average Bonchev–Trinajstić information content (AvgIpc) is 3.05. The standard InChI is InChI=1S/C19H21N3O4/c1-10(2)8-19(18(25)26)14-13(16(23)22(3)17(14)24)15(21-19)12-6-4-11(9-20)5-7-12/h4-7,10,13-15,21H,8H2,1-3H3,(H,25,26). The second kappa shape index (κ2) is 6.22. The van der Waals surface area contributed by atoms with Gasteiger partial charge in [0.25, 0.3) is 0 Å². The SMILES string of the molecule is CC(C)CC1(C(=O)O)NC(c2ccc(C#N)cc2)C2C(=O)N(C)C(=O)C21. The molecule has 2 aliphatic heterocycles. The Labute approximate surface area is 151 Å². The number of likely N-dealkylation sites (tertiary alicyclic amines) is 1. The van der Waals surface area contributed by atoms with Gasteiger partial charge in [-0.1, -0.05) is 26.0 Å². The number of hydrogen-bond acceptors (Lipinski definition) is 5. The Hall–Kier alpha value is -2.72. The summed E-state index contributed by atoms with van der Waals surface area (Å²) >= 11 is 0. The van der Waals surface area contributed by atoms with E-state index in [1.165, 1.54) is 7.05 Å². The van der Waals surface area contributed by atoms with Gasteiger partial charge in [-0.25, -0.2) is 0 Å². The van der Waals surface area contributed by atoms with Gasteiger partial charge in [0, 0.05) is 13.1 Å². The van der Waals surface area contributed by atoms with Gasteiger partial charge in [0.15, 0.2) is 0 Å². The van der Waals surface area contributed by atoms with Crippen molar-refractivity contribution in [3.8, 4) is 6.07 Å². The van der Waals surface area contributed by atoms with E-state index in [-0.39, 0.29) is 18.2 Å². The van der Waals surface area contributed by atoms with Crippen molar-refractivity contribution in [3.05, 3.63) is 35.4 Å². The number of nitrogens with zero attached hydrogens (tertiary/aromatic N) is 2. The van der Waals surface area contributed by atoms with E-state index in [1.54, 1.807) is 24.3 Å². The first kappa shape index (κ1) is 18.1. The number of nitrogens with one attached hydrogen (secondary N) is 1. The molecular weight excluding hydrogens is 334 g/mol. The molecule has 1 aromatic carbocycles. The number of hydrogen-bond donors (Lipinski definition) is 2. The van der Waals surface area contributed by atoms with Crippen LogP contribution in [0.3, 0.4) is 0 Å². The van der Waals surface area contributed by atoms with E-state index in [1.807, 2.05) is 19.9 Å². The van der Waals surface area contributed by atoms with Crippen LogP contribution in [0.15, 0.2) is 24.3 Å². The summed E-state index contributed by atoms with van der Waals surface area (Å²) in [4.78, 5) is 38.8. The van der Waals surface area contributed by atoms with Crippen LogP contribution < -0.4 is 5.32 Å². The zero-order chi connectivity index (χ0) is 19.2. The zero-order valence-electron chi connectivity index (χ0n) is 14.9. The number of rotatable bonds is 4. The number of carbonyl (C=O) groups is 3. The average molecular weight is 355 g/mol. The molecule has 4 unspecified atom stereocenters. The Balaban J connectivity index is 2.12. The van der Waals surface area contributed by atoms with Crippen LogP contribution in [-0.4, -0.2) is 40.4 Å². The van der Waals surface area contributed by atoms with Crippen LogP contribution in [0.5, 0.6) is 0 Å². The summed E-state index contributed by atoms with van der Waals surface area (Å²) in [6, 6.07) is 8.10. The number of carbonyl (C=O) groups excluding carboxylic acids is 2. The number of carboxylic acids is 1. The summed E-state index contributed by atoms with van der Waals surface area (Å²) in [6.45, 7) is 3.78. The first-order chi connectivity index (χ1) is 12.2. The zero-order valence-corrected chi connectivity index (χ0v) is 14.9. The van der Waals surface area contributed by atoms with Crippen LogP contribution >= 0.6 is 0 Å². The lowest BCUT2D eigenvalue weighted by atomic mass is 9.75. The predicted molar refractivity (Wildman–Crippen MR) is 91.6 cm³/mol. The van der Waals surface area contributed by atoms with Crippen molar-refractivity contribution in [2.24, 2.45) is 17.8 Å². The molecule has 2 N–H and O–H groups in total. The van der Waals surface area contributed by atoms with E-state index < -0.39 is 35.3 Å². The van der Waals surface area contributed by atoms with Crippen LogP contribution in [0.4, 0.5) is 0 Å². The van der Waals surface area contributed by atoms with Crippen molar-refractivity contribution in [1.82, 2.24) is 10.2 Å². The highest BCUT2D eigenvalue weighted by molar-refractivity contribution is 6.09. The van der Waals surface area contributed by atoms with Gasteiger partial charge in [0.2, 0.25) is 11.8 Å². The van der Waals surface area contributed by atoms with Gasteiger partial charge in [-0.3, -0.25) is 24.6 Å². The number of aliphatic carboxylic acids is 1. The number of benzene rings is 1. The quantitative estimate of drug-likeness (QED) is 0.788. The molecule has 2 amide bonds. The molecule has 2 saturated heterocycles. The largest absolute Gasteiger partial charge is 0.480 e. The van der Waals surface area contributed by atoms with Gasteiger partial charge in [-0.2, -0.15) is 5.26 Å². The second-order valence-corrected chi connectivity index (χ2v) is 7.47. The summed E-state index contributed by atoms with van der Waals surface area (Å²) in [5.41, 5.74) is -0.321.